The van der Waals surface area contributed by atoms with Crippen LogP contribution in [-0.4, -0.2) is 47.5 Å². The van der Waals surface area contributed by atoms with Crippen LogP contribution in [0.5, 0.6) is 0 Å². The van der Waals surface area contributed by atoms with E-state index in [1.165, 1.54) is 36.5 Å². The lowest BCUT2D eigenvalue weighted by Gasteiger charge is -2.36. The van der Waals surface area contributed by atoms with E-state index < -0.39 is 0 Å². The fraction of sp³-hybridized carbons (Fsp3) is 0.929. The van der Waals surface area contributed by atoms with E-state index in [1.54, 1.807) is 0 Å². The highest BCUT2D eigenvalue weighted by Gasteiger charge is 2.32. The van der Waals surface area contributed by atoms with Gasteiger partial charge in [0.1, 0.15) is 0 Å². The van der Waals surface area contributed by atoms with Gasteiger partial charge in [-0.2, -0.15) is 23.5 Å². The van der Waals surface area contributed by atoms with Crippen molar-refractivity contribution in [2.75, 3.05) is 30.9 Å². The predicted octanol–water partition coefficient (Wildman–Crippen LogP) is 2.26. The SMILES string of the molecule is CNC1(CC(=O)NCC2CSCCS2)CCCCC1. The summed E-state index contributed by atoms with van der Waals surface area (Å²) in [6.07, 6.45) is 6.76. The van der Waals surface area contributed by atoms with E-state index in [-0.39, 0.29) is 11.4 Å². The lowest BCUT2D eigenvalue weighted by atomic mass is 9.79. The second kappa shape index (κ2) is 7.79. The van der Waals surface area contributed by atoms with E-state index in [4.69, 9.17) is 0 Å². The van der Waals surface area contributed by atoms with Crippen LogP contribution in [0, 0.1) is 0 Å². The van der Waals surface area contributed by atoms with Crippen molar-refractivity contribution in [3.05, 3.63) is 0 Å². The van der Waals surface area contributed by atoms with E-state index in [0.29, 0.717) is 11.7 Å². The van der Waals surface area contributed by atoms with E-state index >= 15 is 0 Å². The number of rotatable bonds is 5. The van der Waals surface area contributed by atoms with Crippen LogP contribution in [0.1, 0.15) is 38.5 Å². The normalized spacial score (nSPS) is 26.9. The smallest absolute Gasteiger partial charge is 0.221 e. The molecule has 2 fully saturated rings. The molecule has 0 aromatic carbocycles. The molecule has 1 saturated carbocycles. The molecule has 1 atom stereocenters. The molecule has 1 amide bonds. The van der Waals surface area contributed by atoms with E-state index in [9.17, 15) is 4.79 Å². The standard InChI is InChI=1S/C14H26N2OS2/c1-15-14(5-3-2-4-6-14)9-13(17)16-10-12-11-18-7-8-19-12/h12,15H,2-11H2,1H3,(H,16,17). The summed E-state index contributed by atoms with van der Waals surface area (Å²) in [4.78, 5) is 12.2. The Morgan fingerprint density at radius 1 is 1.26 bits per heavy atom. The molecule has 2 aliphatic rings. The van der Waals surface area contributed by atoms with Crippen molar-refractivity contribution in [3.8, 4) is 0 Å². The van der Waals surface area contributed by atoms with Crippen molar-refractivity contribution in [1.29, 1.82) is 0 Å². The molecule has 2 rings (SSSR count). The van der Waals surface area contributed by atoms with Gasteiger partial charge in [-0.25, -0.2) is 0 Å². The molecule has 1 unspecified atom stereocenters. The van der Waals surface area contributed by atoms with Gasteiger partial charge in [0.15, 0.2) is 0 Å². The Hall–Kier alpha value is 0.130. The first-order valence-electron chi connectivity index (χ1n) is 7.39. The Kier molecular flexibility index (Phi) is 6.36. The second-order valence-corrected chi connectivity index (χ2v) is 8.20. The van der Waals surface area contributed by atoms with Crippen LogP contribution in [0.15, 0.2) is 0 Å². The number of carbonyl (C=O) groups excluding carboxylic acids is 1. The average Bonchev–Trinajstić information content (AvgIpc) is 2.47. The van der Waals surface area contributed by atoms with Crippen molar-refractivity contribution in [3.63, 3.8) is 0 Å². The van der Waals surface area contributed by atoms with Crippen molar-refractivity contribution >= 4 is 29.4 Å². The number of hydrogen-bond donors (Lipinski definition) is 2. The van der Waals surface area contributed by atoms with Gasteiger partial charge in [0.2, 0.25) is 5.91 Å². The van der Waals surface area contributed by atoms with Crippen molar-refractivity contribution in [2.24, 2.45) is 0 Å². The zero-order valence-electron chi connectivity index (χ0n) is 11.9. The third-order valence-electron chi connectivity index (χ3n) is 4.25. The third kappa shape index (κ3) is 4.87. The van der Waals surface area contributed by atoms with Crippen LogP contribution in [0.25, 0.3) is 0 Å². The second-order valence-electron chi connectivity index (χ2n) is 5.64. The molecular formula is C14H26N2OS2. The van der Waals surface area contributed by atoms with Crippen LogP contribution >= 0.6 is 23.5 Å². The lowest BCUT2D eigenvalue weighted by molar-refractivity contribution is -0.122. The summed E-state index contributed by atoms with van der Waals surface area (Å²) in [6.45, 7) is 0.844. The molecule has 0 spiro atoms. The molecule has 3 nitrogen and oxygen atoms in total. The highest BCUT2D eigenvalue weighted by molar-refractivity contribution is 8.06. The predicted molar refractivity (Wildman–Crippen MR) is 86.1 cm³/mol. The van der Waals surface area contributed by atoms with Gasteiger partial charge < -0.3 is 10.6 Å². The minimum Gasteiger partial charge on any atom is -0.355 e. The monoisotopic (exact) mass is 302 g/mol. The first-order chi connectivity index (χ1) is 9.24. The van der Waals surface area contributed by atoms with Gasteiger partial charge in [0, 0.05) is 41.0 Å². The maximum atomic E-state index is 12.2. The molecule has 1 saturated heterocycles. The number of carbonyl (C=O) groups is 1. The van der Waals surface area contributed by atoms with Gasteiger partial charge in [-0.15, -0.1) is 0 Å². The van der Waals surface area contributed by atoms with Crippen LogP contribution in [0.2, 0.25) is 0 Å². The summed E-state index contributed by atoms with van der Waals surface area (Å²) >= 11 is 4.01. The van der Waals surface area contributed by atoms with Crippen molar-refractivity contribution in [1.82, 2.24) is 10.6 Å². The largest absolute Gasteiger partial charge is 0.355 e. The first-order valence-corrected chi connectivity index (χ1v) is 9.59. The van der Waals surface area contributed by atoms with Gasteiger partial charge in [-0.05, 0) is 19.9 Å². The maximum absolute atomic E-state index is 12.2. The van der Waals surface area contributed by atoms with E-state index in [1.807, 2.05) is 30.6 Å². The number of hydrogen-bond acceptors (Lipinski definition) is 4. The number of thioether (sulfide) groups is 2. The Bertz CT molecular complexity index is 287. The van der Waals surface area contributed by atoms with Gasteiger partial charge in [0.05, 0.1) is 0 Å². The molecule has 5 heteroatoms. The topological polar surface area (TPSA) is 41.1 Å². The molecule has 0 aromatic rings. The minimum atomic E-state index is 0.0663. The highest BCUT2D eigenvalue weighted by Crippen LogP contribution is 2.30. The Morgan fingerprint density at radius 2 is 2.05 bits per heavy atom. The Balaban J connectivity index is 1.72. The summed E-state index contributed by atoms with van der Waals surface area (Å²) in [6, 6.07) is 0. The molecule has 0 aromatic heterocycles. The highest BCUT2D eigenvalue weighted by atomic mass is 32.2. The quantitative estimate of drug-likeness (QED) is 0.817. The van der Waals surface area contributed by atoms with Crippen molar-refractivity contribution < 1.29 is 4.79 Å². The first kappa shape index (κ1) is 15.5. The van der Waals surface area contributed by atoms with Crippen molar-refractivity contribution in [2.45, 2.75) is 49.3 Å². The molecule has 0 bridgehead atoms. The zero-order valence-corrected chi connectivity index (χ0v) is 13.5. The van der Waals surface area contributed by atoms with Crippen LogP contribution < -0.4 is 10.6 Å². The van der Waals surface area contributed by atoms with Gasteiger partial charge in [-0.1, -0.05) is 19.3 Å². The Morgan fingerprint density at radius 3 is 2.68 bits per heavy atom. The number of amides is 1. The van der Waals surface area contributed by atoms with Crippen LogP contribution in [0.3, 0.4) is 0 Å². The fourth-order valence-corrected chi connectivity index (χ4v) is 5.61. The molecule has 0 radical (unpaired) electrons. The maximum Gasteiger partial charge on any atom is 0.221 e. The summed E-state index contributed by atoms with van der Waals surface area (Å²) in [5.41, 5.74) is 0.0663. The van der Waals surface area contributed by atoms with E-state index in [0.717, 1.165) is 19.4 Å². The lowest BCUT2D eigenvalue weighted by Crippen LogP contribution is -2.49. The van der Waals surface area contributed by atoms with E-state index in [2.05, 4.69) is 10.6 Å². The zero-order chi connectivity index (χ0) is 13.6. The Labute approximate surface area is 125 Å². The molecule has 1 aliphatic carbocycles. The van der Waals surface area contributed by atoms with Gasteiger partial charge in [-0.3, -0.25) is 4.79 Å². The fourth-order valence-electron chi connectivity index (χ4n) is 3.00. The van der Waals surface area contributed by atoms with Gasteiger partial charge >= 0.3 is 0 Å². The molecule has 2 N–H and O–H groups in total. The summed E-state index contributed by atoms with van der Waals surface area (Å²) < 4.78 is 0. The molecule has 1 aliphatic heterocycles. The third-order valence-corrected chi connectivity index (χ3v) is 7.10. The molecule has 19 heavy (non-hydrogen) atoms. The molecule has 1 heterocycles. The summed E-state index contributed by atoms with van der Waals surface area (Å²) in [7, 11) is 2.01. The summed E-state index contributed by atoms with van der Waals surface area (Å²) in [5, 5.41) is 7.17. The average molecular weight is 303 g/mol. The minimum absolute atomic E-state index is 0.0663. The molecular weight excluding hydrogens is 276 g/mol. The number of nitrogens with one attached hydrogen (secondary N) is 2. The van der Waals surface area contributed by atoms with Crippen LogP contribution in [0.4, 0.5) is 0 Å². The molecule has 110 valence electrons. The summed E-state index contributed by atoms with van der Waals surface area (Å²) in [5.74, 6) is 3.90. The van der Waals surface area contributed by atoms with Crippen LogP contribution in [-0.2, 0) is 4.79 Å². The van der Waals surface area contributed by atoms with Gasteiger partial charge in [0.25, 0.3) is 0 Å².